The SMILES string of the molecule is O=C(Nc1cc(-c2nc3ccccc3[nH]2)[nH]n1)c1ccc(N2CC(O)C2)nc1. The molecule has 0 spiro atoms. The summed E-state index contributed by atoms with van der Waals surface area (Å²) >= 11 is 0. The topological polar surface area (TPSA) is 123 Å². The van der Waals surface area contributed by atoms with E-state index in [9.17, 15) is 9.90 Å². The largest absolute Gasteiger partial charge is 0.389 e. The van der Waals surface area contributed by atoms with E-state index in [4.69, 9.17) is 0 Å². The van der Waals surface area contributed by atoms with E-state index in [1.54, 1.807) is 18.2 Å². The van der Waals surface area contributed by atoms with Crippen LogP contribution in [0.5, 0.6) is 0 Å². The molecule has 9 heteroatoms. The molecule has 1 amide bonds. The van der Waals surface area contributed by atoms with Gasteiger partial charge in [0.2, 0.25) is 0 Å². The quantitative estimate of drug-likeness (QED) is 0.431. The molecule has 1 aliphatic rings. The van der Waals surface area contributed by atoms with Crippen molar-refractivity contribution in [3.63, 3.8) is 0 Å². The first kappa shape index (κ1) is 16.5. The van der Waals surface area contributed by atoms with Gasteiger partial charge in [-0.1, -0.05) is 12.1 Å². The number of benzene rings is 1. The van der Waals surface area contributed by atoms with Gasteiger partial charge in [-0.2, -0.15) is 5.10 Å². The normalized spacial score (nSPS) is 14.2. The van der Waals surface area contributed by atoms with Gasteiger partial charge in [-0.15, -0.1) is 0 Å². The van der Waals surface area contributed by atoms with Gasteiger partial charge < -0.3 is 20.3 Å². The lowest BCUT2D eigenvalue weighted by molar-refractivity contribution is 0.102. The summed E-state index contributed by atoms with van der Waals surface area (Å²) in [5, 5.41) is 19.1. The Labute approximate surface area is 159 Å². The highest BCUT2D eigenvalue weighted by Crippen LogP contribution is 2.21. The van der Waals surface area contributed by atoms with Gasteiger partial charge in [0, 0.05) is 25.4 Å². The van der Waals surface area contributed by atoms with Crippen molar-refractivity contribution < 1.29 is 9.90 Å². The molecular formula is C19H17N7O2. The molecule has 4 heterocycles. The van der Waals surface area contributed by atoms with Crippen molar-refractivity contribution in [2.45, 2.75) is 6.10 Å². The molecule has 4 aromatic rings. The summed E-state index contributed by atoms with van der Waals surface area (Å²) in [6.45, 7) is 1.13. The number of nitrogens with zero attached hydrogens (tertiary/aromatic N) is 4. The number of fused-ring (bicyclic) bond motifs is 1. The van der Waals surface area contributed by atoms with Gasteiger partial charge in [0.1, 0.15) is 11.5 Å². The second kappa shape index (κ2) is 6.46. The van der Waals surface area contributed by atoms with Gasteiger partial charge >= 0.3 is 0 Å². The van der Waals surface area contributed by atoms with Crippen LogP contribution in [0.1, 0.15) is 10.4 Å². The zero-order chi connectivity index (χ0) is 19.1. The number of anilines is 2. The van der Waals surface area contributed by atoms with Crippen molar-refractivity contribution in [3.05, 3.63) is 54.2 Å². The van der Waals surface area contributed by atoms with Crippen LogP contribution in [0.25, 0.3) is 22.6 Å². The number of nitrogens with one attached hydrogen (secondary N) is 3. The molecule has 1 aromatic carbocycles. The molecule has 0 atom stereocenters. The number of aliphatic hydroxyl groups is 1. The van der Waals surface area contributed by atoms with E-state index in [2.05, 4.69) is 30.5 Å². The molecule has 0 saturated carbocycles. The third-order valence-electron chi connectivity index (χ3n) is 4.66. The third-order valence-corrected chi connectivity index (χ3v) is 4.66. The number of hydrogen-bond acceptors (Lipinski definition) is 6. The number of amides is 1. The van der Waals surface area contributed by atoms with Crippen molar-refractivity contribution in [2.75, 3.05) is 23.3 Å². The second-order valence-electron chi connectivity index (χ2n) is 6.69. The number of rotatable bonds is 4. The molecule has 1 fully saturated rings. The minimum Gasteiger partial charge on any atom is -0.389 e. The van der Waals surface area contributed by atoms with Crippen molar-refractivity contribution >= 4 is 28.6 Å². The molecule has 28 heavy (non-hydrogen) atoms. The standard InChI is InChI=1S/C19H17N7O2/c27-12-9-26(10-12)17-6-5-11(8-20-17)19(28)23-16-7-15(24-25-16)18-21-13-3-1-2-4-14(13)22-18/h1-8,12,27H,9-10H2,(H,21,22)(H2,23,24,25,28). The molecule has 0 bridgehead atoms. The Bertz CT molecular complexity index is 1110. The molecule has 0 aliphatic carbocycles. The molecule has 0 unspecified atom stereocenters. The number of imidazole rings is 1. The van der Waals surface area contributed by atoms with Gasteiger partial charge in [0.05, 0.1) is 22.7 Å². The second-order valence-corrected chi connectivity index (χ2v) is 6.69. The number of H-pyrrole nitrogens is 2. The van der Waals surface area contributed by atoms with E-state index in [-0.39, 0.29) is 12.0 Å². The van der Waals surface area contributed by atoms with Gasteiger partial charge in [-0.05, 0) is 24.3 Å². The van der Waals surface area contributed by atoms with Crippen LogP contribution >= 0.6 is 0 Å². The molecule has 1 saturated heterocycles. The number of β-amino-alcohol motifs (C(OH)–C–C–N with tert-alkyl or cyclic N) is 1. The Hall–Kier alpha value is -3.72. The Morgan fingerprint density at radius 3 is 2.82 bits per heavy atom. The van der Waals surface area contributed by atoms with Gasteiger partial charge in [0.15, 0.2) is 11.6 Å². The number of carbonyl (C=O) groups excluding carboxylic acids is 1. The highest BCUT2D eigenvalue weighted by molar-refractivity contribution is 6.03. The van der Waals surface area contributed by atoms with E-state index in [0.717, 1.165) is 16.9 Å². The van der Waals surface area contributed by atoms with Crippen LogP contribution in [0.2, 0.25) is 0 Å². The molecule has 5 rings (SSSR count). The first-order valence-corrected chi connectivity index (χ1v) is 8.87. The van der Waals surface area contributed by atoms with Crippen LogP contribution in [0, 0.1) is 0 Å². The maximum Gasteiger partial charge on any atom is 0.258 e. The summed E-state index contributed by atoms with van der Waals surface area (Å²) < 4.78 is 0. The van der Waals surface area contributed by atoms with Crippen LogP contribution in [0.4, 0.5) is 11.6 Å². The van der Waals surface area contributed by atoms with Crippen LogP contribution in [-0.4, -0.2) is 55.4 Å². The summed E-state index contributed by atoms with van der Waals surface area (Å²) in [4.78, 5) is 26.4. The van der Waals surface area contributed by atoms with Gasteiger partial charge in [-0.3, -0.25) is 9.89 Å². The maximum atomic E-state index is 12.4. The van der Waals surface area contributed by atoms with Crippen molar-refractivity contribution in [1.29, 1.82) is 0 Å². The fraction of sp³-hybridized carbons (Fsp3) is 0.158. The fourth-order valence-corrected chi connectivity index (χ4v) is 3.13. The van der Waals surface area contributed by atoms with Crippen molar-refractivity contribution in [3.8, 4) is 11.5 Å². The molecule has 3 aromatic heterocycles. The number of para-hydroxylation sites is 2. The number of aromatic nitrogens is 5. The van der Waals surface area contributed by atoms with Crippen molar-refractivity contribution in [1.82, 2.24) is 25.1 Å². The highest BCUT2D eigenvalue weighted by atomic mass is 16.3. The first-order chi connectivity index (χ1) is 13.7. The van der Waals surface area contributed by atoms with E-state index >= 15 is 0 Å². The number of hydrogen-bond donors (Lipinski definition) is 4. The predicted molar refractivity (Wildman–Crippen MR) is 104 cm³/mol. The zero-order valence-corrected chi connectivity index (χ0v) is 14.8. The summed E-state index contributed by atoms with van der Waals surface area (Å²) in [5.74, 6) is 1.49. The zero-order valence-electron chi connectivity index (χ0n) is 14.8. The molecule has 0 radical (unpaired) electrons. The van der Waals surface area contributed by atoms with Crippen LogP contribution in [0.15, 0.2) is 48.7 Å². The minimum absolute atomic E-state index is 0.301. The van der Waals surface area contributed by atoms with Crippen molar-refractivity contribution in [2.24, 2.45) is 0 Å². The average molecular weight is 375 g/mol. The highest BCUT2D eigenvalue weighted by Gasteiger charge is 2.25. The third kappa shape index (κ3) is 2.97. The van der Waals surface area contributed by atoms with Crippen LogP contribution in [-0.2, 0) is 0 Å². The maximum absolute atomic E-state index is 12.4. The van der Waals surface area contributed by atoms with E-state index in [1.807, 2.05) is 29.2 Å². The minimum atomic E-state index is -0.301. The number of aromatic amines is 2. The molecule has 140 valence electrons. The Morgan fingerprint density at radius 1 is 1.21 bits per heavy atom. The first-order valence-electron chi connectivity index (χ1n) is 8.87. The number of aliphatic hydroxyl groups excluding tert-OH is 1. The summed E-state index contributed by atoms with van der Waals surface area (Å²) in [5.41, 5.74) is 2.89. The monoisotopic (exact) mass is 375 g/mol. The lowest BCUT2D eigenvalue weighted by Crippen LogP contribution is -2.51. The van der Waals surface area contributed by atoms with Gasteiger partial charge in [0.25, 0.3) is 5.91 Å². The fourth-order valence-electron chi connectivity index (χ4n) is 3.13. The molecule has 1 aliphatic heterocycles. The number of pyridine rings is 1. The average Bonchev–Trinajstić information content (AvgIpc) is 3.32. The van der Waals surface area contributed by atoms with E-state index in [0.29, 0.717) is 36.0 Å². The Kier molecular flexibility index (Phi) is 3.80. The molecule has 9 nitrogen and oxygen atoms in total. The number of carbonyl (C=O) groups is 1. The molecule has 4 N–H and O–H groups in total. The summed E-state index contributed by atoms with van der Waals surface area (Å²) in [6, 6.07) is 12.9. The van der Waals surface area contributed by atoms with E-state index < -0.39 is 0 Å². The van der Waals surface area contributed by atoms with Gasteiger partial charge in [-0.25, -0.2) is 9.97 Å². The predicted octanol–water partition coefficient (Wildman–Crippen LogP) is 1.78. The Balaban J connectivity index is 1.29. The lowest BCUT2D eigenvalue weighted by Gasteiger charge is -2.36. The summed E-state index contributed by atoms with van der Waals surface area (Å²) in [7, 11) is 0. The lowest BCUT2D eigenvalue weighted by atomic mass is 10.1. The summed E-state index contributed by atoms with van der Waals surface area (Å²) in [6.07, 6.45) is 1.22. The van der Waals surface area contributed by atoms with Crippen LogP contribution in [0.3, 0.4) is 0 Å². The smallest absolute Gasteiger partial charge is 0.258 e. The molecular weight excluding hydrogens is 358 g/mol. The van der Waals surface area contributed by atoms with Crippen LogP contribution < -0.4 is 10.2 Å². The van der Waals surface area contributed by atoms with E-state index in [1.165, 1.54) is 6.20 Å². The Morgan fingerprint density at radius 2 is 2.07 bits per heavy atom.